The number of halogens is 1. The van der Waals surface area contributed by atoms with Gasteiger partial charge in [-0.15, -0.1) is 0 Å². The number of nitrogens with one attached hydrogen (secondary N) is 2. The molecular formula is C16H17ClN2O3S. The number of benzene rings is 2. The van der Waals surface area contributed by atoms with Crippen LogP contribution in [0.15, 0.2) is 42.5 Å². The minimum absolute atomic E-state index is 0.159. The summed E-state index contributed by atoms with van der Waals surface area (Å²) < 4.78 is 24.8. The predicted molar refractivity (Wildman–Crippen MR) is 93.7 cm³/mol. The Bertz CT molecular complexity index is 835. The van der Waals surface area contributed by atoms with Crippen LogP contribution in [-0.4, -0.2) is 20.6 Å². The molecule has 0 fully saturated rings. The van der Waals surface area contributed by atoms with Crippen LogP contribution in [0.25, 0.3) is 0 Å². The van der Waals surface area contributed by atoms with Crippen LogP contribution >= 0.6 is 11.6 Å². The molecule has 0 aliphatic rings. The molecule has 0 unspecified atom stereocenters. The third-order valence-electron chi connectivity index (χ3n) is 3.17. The van der Waals surface area contributed by atoms with E-state index < -0.39 is 10.0 Å². The van der Waals surface area contributed by atoms with Gasteiger partial charge in [0.25, 0.3) is 5.91 Å². The molecule has 0 aromatic heterocycles. The number of carbonyl (C=O) groups excluding carboxylic acids is 1. The third-order valence-corrected chi connectivity index (χ3v) is 4.08. The van der Waals surface area contributed by atoms with Gasteiger partial charge in [0, 0.05) is 11.3 Å². The highest BCUT2D eigenvalue weighted by molar-refractivity contribution is 7.92. The Kier molecular flexibility index (Phi) is 5.28. The summed E-state index contributed by atoms with van der Waals surface area (Å²) in [5.41, 5.74) is 2.36. The first-order valence-electron chi connectivity index (χ1n) is 6.96. The second kappa shape index (κ2) is 7.02. The molecule has 2 rings (SSSR count). The molecule has 0 aliphatic carbocycles. The summed E-state index contributed by atoms with van der Waals surface area (Å²) >= 11 is 6.03. The normalized spacial score (nSPS) is 11.1. The van der Waals surface area contributed by atoms with Gasteiger partial charge in [0.1, 0.15) is 0 Å². The molecule has 0 saturated heterocycles. The van der Waals surface area contributed by atoms with Gasteiger partial charge in [0.05, 0.1) is 17.0 Å². The van der Waals surface area contributed by atoms with Crippen LogP contribution < -0.4 is 10.0 Å². The maximum Gasteiger partial charge on any atom is 0.255 e. The summed E-state index contributed by atoms with van der Waals surface area (Å²) in [6, 6.07) is 11.9. The molecule has 23 heavy (non-hydrogen) atoms. The number of hydrogen-bond donors (Lipinski definition) is 2. The molecule has 2 N–H and O–H groups in total. The van der Waals surface area contributed by atoms with Gasteiger partial charge in [-0.3, -0.25) is 9.52 Å². The van der Waals surface area contributed by atoms with Crippen LogP contribution in [0.5, 0.6) is 0 Å². The van der Waals surface area contributed by atoms with Crippen LogP contribution in [0.3, 0.4) is 0 Å². The van der Waals surface area contributed by atoms with Crippen molar-refractivity contribution in [2.24, 2.45) is 0 Å². The van der Waals surface area contributed by atoms with Gasteiger partial charge in [0.2, 0.25) is 10.0 Å². The highest BCUT2D eigenvalue weighted by atomic mass is 35.5. The van der Waals surface area contributed by atoms with Crippen LogP contribution in [0.1, 0.15) is 22.8 Å². The Hall–Kier alpha value is -2.05. The molecule has 122 valence electrons. The van der Waals surface area contributed by atoms with Gasteiger partial charge < -0.3 is 5.32 Å². The number of carbonyl (C=O) groups is 1. The topological polar surface area (TPSA) is 75.3 Å². The van der Waals surface area contributed by atoms with Gasteiger partial charge >= 0.3 is 0 Å². The number of hydrogen-bond acceptors (Lipinski definition) is 3. The summed E-state index contributed by atoms with van der Waals surface area (Å²) in [5.74, 6) is -0.307. The zero-order valence-electron chi connectivity index (χ0n) is 12.8. The maximum absolute atomic E-state index is 12.3. The number of anilines is 2. The first kappa shape index (κ1) is 17.3. The number of amides is 1. The molecule has 0 spiro atoms. The van der Waals surface area contributed by atoms with Gasteiger partial charge in [-0.25, -0.2) is 8.42 Å². The van der Waals surface area contributed by atoms with E-state index in [9.17, 15) is 13.2 Å². The summed E-state index contributed by atoms with van der Waals surface area (Å²) in [4.78, 5) is 12.3. The Morgan fingerprint density at radius 1 is 1.13 bits per heavy atom. The Morgan fingerprint density at radius 2 is 1.83 bits per heavy atom. The number of para-hydroxylation sites is 1. The minimum Gasteiger partial charge on any atom is -0.322 e. The minimum atomic E-state index is -3.43. The molecule has 0 atom stereocenters. The van der Waals surface area contributed by atoms with E-state index in [1.165, 1.54) is 18.2 Å². The fraction of sp³-hybridized carbons (Fsp3) is 0.188. The highest BCUT2D eigenvalue weighted by Crippen LogP contribution is 2.25. The maximum atomic E-state index is 12.3. The quantitative estimate of drug-likeness (QED) is 0.864. The molecule has 1 amide bonds. The van der Waals surface area contributed by atoms with Crippen LogP contribution in [0.2, 0.25) is 5.02 Å². The summed E-state index contributed by atoms with van der Waals surface area (Å²) in [5, 5.41) is 3.00. The van der Waals surface area contributed by atoms with E-state index in [1.807, 2.05) is 31.2 Å². The van der Waals surface area contributed by atoms with E-state index in [0.29, 0.717) is 5.56 Å². The van der Waals surface area contributed by atoms with Crippen molar-refractivity contribution in [2.75, 3.05) is 16.3 Å². The van der Waals surface area contributed by atoms with Gasteiger partial charge in [-0.05, 0) is 36.2 Å². The van der Waals surface area contributed by atoms with Crippen molar-refractivity contribution < 1.29 is 13.2 Å². The van der Waals surface area contributed by atoms with E-state index in [4.69, 9.17) is 11.6 Å². The van der Waals surface area contributed by atoms with Crippen molar-refractivity contribution in [3.05, 3.63) is 58.6 Å². The van der Waals surface area contributed by atoms with Gasteiger partial charge in [-0.1, -0.05) is 36.7 Å². The monoisotopic (exact) mass is 352 g/mol. The lowest BCUT2D eigenvalue weighted by atomic mass is 10.1. The Balaban J connectivity index is 2.22. The largest absolute Gasteiger partial charge is 0.322 e. The first-order valence-corrected chi connectivity index (χ1v) is 9.23. The van der Waals surface area contributed by atoms with E-state index in [-0.39, 0.29) is 16.6 Å². The zero-order chi connectivity index (χ0) is 17.0. The molecule has 0 aliphatic heterocycles. The molecule has 0 bridgehead atoms. The molecule has 7 heteroatoms. The van der Waals surface area contributed by atoms with Gasteiger partial charge in [0.15, 0.2) is 0 Å². The van der Waals surface area contributed by atoms with E-state index in [0.717, 1.165) is 23.9 Å². The standard InChI is InChI=1S/C16H17ClN2O3S/c1-3-11-6-4-5-7-14(11)18-16(20)12-8-9-15(13(17)10-12)19-23(2,21)22/h4-10,19H,3H2,1-2H3,(H,18,20). The van der Waals surface area contributed by atoms with Crippen molar-refractivity contribution in [3.8, 4) is 0 Å². The van der Waals surface area contributed by atoms with Crippen molar-refractivity contribution in [1.82, 2.24) is 0 Å². The molecule has 2 aromatic carbocycles. The van der Waals surface area contributed by atoms with Crippen LogP contribution in [0.4, 0.5) is 11.4 Å². The zero-order valence-corrected chi connectivity index (χ0v) is 14.3. The van der Waals surface area contributed by atoms with E-state index >= 15 is 0 Å². The van der Waals surface area contributed by atoms with Crippen LogP contribution in [-0.2, 0) is 16.4 Å². The van der Waals surface area contributed by atoms with Crippen molar-refractivity contribution in [3.63, 3.8) is 0 Å². The molecular weight excluding hydrogens is 336 g/mol. The Morgan fingerprint density at radius 3 is 2.43 bits per heavy atom. The van der Waals surface area contributed by atoms with Crippen molar-refractivity contribution >= 4 is 38.9 Å². The predicted octanol–water partition coefficient (Wildman–Crippen LogP) is 3.53. The van der Waals surface area contributed by atoms with Gasteiger partial charge in [-0.2, -0.15) is 0 Å². The molecule has 2 aromatic rings. The lowest BCUT2D eigenvalue weighted by molar-refractivity contribution is 0.102. The van der Waals surface area contributed by atoms with E-state index in [2.05, 4.69) is 10.0 Å². The molecule has 0 heterocycles. The average molecular weight is 353 g/mol. The summed E-state index contributed by atoms with van der Waals surface area (Å²) in [6.07, 6.45) is 1.83. The van der Waals surface area contributed by atoms with Crippen LogP contribution in [0, 0.1) is 0 Å². The molecule has 0 radical (unpaired) electrons. The number of aryl methyl sites for hydroxylation is 1. The first-order chi connectivity index (χ1) is 10.8. The SMILES string of the molecule is CCc1ccccc1NC(=O)c1ccc(NS(C)(=O)=O)c(Cl)c1. The Labute approximate surface area is 140 Å². The number of sulfonamides is 1. The second-order valence-electron chi connectivity index (χ2n) is 5.03. The summed E-state index contributed by atoms with van der Waals surface area (Å²) in [6.45, 7) is 2.01. The average Bonchev–Trinajstić information content (AvgIpc) is 2.48. The third kappa shape index (κ3) is 4.71. The second-order valence-corrected chi connectivity index (χ2v) is 7.19. The van der Waals surface area contributed by atoms with Crippen molar-refractivity contribution in [1.29, 1.82) is 0 Å². The van der Waals surface area contributed by atoms with Crippen molar-refractivity contribution in [2.45, 2.75) is 13.3 Å². The lowest BCUT2D eigenvalue weighted by Crippen LogP contribution is -2.14. The highest BCUT2D eigenvalue weighted by Gasteiger charge is 2.12. The van der Waals surface area contributed by atoms with E-state index in [1.54, 1.807) is 0 Å². The smallest absolute Gasteiger partial charge is 0.255 e. The fourth-order valence-electron chi connectivity index (χ4n) is 2.08. The molecule has 0 saturated carbocycles. The number of rotatable bonds is 5. The lowest BCUT2D eigenvalue weighted by Gasteiger charge is -2.11. The fourth-order valence-corrected chi connectivity index (χ4v) is 2.95. The summed E-state index contributed by atoms with van der Waals surface area (Å²) in [7, 11) is -3.43. The molecule has 5 nitrogen and oxygen atoms in total.